The van der Waals surface area contributed by atoms with E-state index in [1.807, 2.05) is 6.07 Å². The highest BCUT2D eigenvalue weighted by Crippen LogP contribution is 2.34. The van der Waals surface area contributed by atoms with Crippen molar-refractivity contribution in [1.29, 1.82) is 0 Å². The van der Waals surface area contributed by atoms with E-state index in [0.29, 0.717) is 23.9 Å². The molecule has 0 saturated heterocycles. The molecular formula is C22H38O2. The standard InChI is InChI=1S/C22H38O2/c1-17(2)19-13-12-14-20(21(19)18(3)4)24-23-16-11-9-8-10-15-22(5,6)7/h12-14,17-18H,8-11,15-16H2,1-7H3. The monoisotopic (exact) mass is 334 g/mol. The highest BCUT2D eigenvalue weighted by molar-refractivity contribution is 5.43. The third-order valence-corrected chi connectivity index (χ3v) is 4.35. The van der Waals surface area contributed by atoms with Crippen molar-refractivity contribution in [1.82, 2.24) is 0 Å². The molecule has 0 aliphatic rings. The van der Waals surface area contributed by atoms with Crippen LogP contribution in [-0.2, 0) is 4.89 Å². The van der Waals surface area contributed by atoms with Crippen molar-refractivity contribution < 1.29 is 9.78 Å². The van der Waals surface area contributed by atoms with Crippen LogP contribution in [0.15, 0.2) is 18.2 Å². The first kappa shape index (κ1) is 21.0. The van der Waals surface area contributed by atoms with E-state index in [1.54, 1.807) is 0 Å². The molecule has 0 saturated carbocycles. The maximum Gasteiger partial charge on any atom is 0.169 e. The Hall–Kier alpha value is -1.02. The van der Waals surface area contributed by atoms with Crippen LogP contribution in [-0.4, -0.2) is 6.61 Å². The topological polar surface area (TPSA) is 18.5 Å². The van der Waals surface area contributed by atoms with E-state index in [0.717, 1.165) is 12.2 Å². The summed E-state index contributed by atoms with van der Waals surface area (Å²) in [5.41, 5.74) is 3.08. The molecule has 0 heterocycles. The first-order valence-corrected chi connectivity index (χ1v) is 9.64. The number of unbranched alkanes of at least 4 members (excludes halogenated alkanes) is 3. The van der Waals surface area contributed by atoms with Crippen LogP contribution >= 0.6 is 0 Å². The summed E-state index contributed by atoms with van der Waals surface area (Å²) >= 11 is 0. The van der Waals surface area contributed by atoms with Gasteiger partial charge in [-0.25, -0.2) is 0 Å². The van der Waals surface area contributed by atoms with Gasteiger partial charge < -0.3 is 4.89 Å². The smallest absolute Gasteiger partial charge is 0.169 e. The van der Waals surface area contributed by atoms with Crippen LogP contribution in [0, 0.1) is 5.41 Å². The van der Waals surface area contributed by atoms with Crippen molar-refractivity contribution in [3.05, 3.63) is 29.3 Å². The maximum atomic E-state index is 5.65. The van der Waals surface area contributed by atoms with Gasteiger partial charge in [0.1, 0.15) is 0 Å². The van der Waals surface area contributed by atoms with E-state index < -0.39 is 0 Å². The lowest BCUT2D eigenvalue weighted by Crippen LogP contribution is -2.06. The molecule has 0 N–H and O–H groups in total. The van der Waals surface area contributed by atoms with Crippen molar-refractivity contribution in [2.75, 3.05) is 6.61 Å². The fourth-order valence-corrected chi connectivity index (χ4v) is 3.03. The van der Waals surface area contributed by atoms with Gasteiger partial charge in [0.25, 0.3) is 0 Å². The maximum absolute atomic E-state index is 5.65. The summed E-state index contributed by atoms with van der Waals surface area (Å²) in [4.78, 5) is 11.1. The fraction of sp³-hybridized carbons (Fsp3) is 0.727. The van der Waals surface area contributed by atoms with Crippen LogP contribution in [0.5, 0.6) is 5.75 Å². The summed E-state index contributed by atoms with van der Waals surface area (Å²) in [7, 11) is 0. The largest absolute Gasteiger partial charge is 0.337 e. The lowest BCUT2D eigenvalue weighted by molar-refractivity contribution is -0.208. The molecule has 0 aliphatic heterocycles. The van der Waals surface area contributed by atoms with Gasteiger partial charge in [0.2, 0.25) is 0 Å². The zero-order valence-electron chi connectivity index (χ0n) is 16.9. The number of hydrogen-bond acceptors (Lipinski definition) is 2. The molecule has 1 aromatic rings. The molecule has 1 rings (SSSR count). The molecule has 24 heavy (non-hydrogen) atoms. The van der Waals surface area contributed by atoms with Crippen molar-refractivity contribution >= 4 is 0 Å². The molecule has 2 nitrogen and oxygen atoms in total. The third kappa shape index (κ3) is 7.70. The Morgan fingerprint density at radius 1 is 0.875 bits per heavy atom. The second-order valence-electron chi connectivity index (χ2n) is 8.70. The molecule has 2 heteroatoms. The van der Waals surface area contributed by atoms with Crippen LogP contribution in [0.2, 0.25) is 0 Å². The van der Waals surface area contributed by atoms with Gasteiger partial charge in [-0.05, 0) is 41.7 Å². The Labute approximate surface area is 149 Å². The summed E-state index contributed by atoms with van der Waals surface area (Å²) in [5.74, 6) is 1.80. The van der Waals surface area contributed by atoms with Gasteiger partial charge in [-0.15, -0.1) is 0 Å². The van der Waals surface area contributed by atoms with Gasteiger partial charge in [0.15, 0.2) is 5.75 Å². The van der Waals surface area contributed by atoms with E-state index in [-0.39, 0.29) is 0 Å². The molecule has 0 radical (unpaired) electrons. The SMILES string of the molecule is CC(C)c1cccc(OOCCCCCCC(C)(C)C)c1C(C)C. The predicted molar refractivity (Wildman–Crippen MR) is 104 cm³/mol. The third-order valence-electron chi connectivity index (χ3n) is 4.35. The van der Waals surface area contributed by atoms with Crippen LogP contribution in [0.4, 0.5) is 0 Å². The molecule has 0 atom stereocenters. The number of hydrogen-bond donors (Lipinski definition) is 0. The van der Waals surface area contributed by atoms with Crippen LogP contribution in [0.25, 0.3) is 0 Å². The molecule has 0 fully saturated rings. The average Bonchev–Trinajstić information content (AvgIpc) is 2.48. The molecule has 0 bridgehead atoms. The van der Waals surface area contributed by atoms with Gasteiger partial charge in [-0.3, -0.25) is 0 Å². The van der Waals surface area contributed by atoms with Gasteiger partial charge in [0, 0.05) is 5.56 Å². The zero-order chi connectivity index (χ0) is 18.2. The fourth-order valence-electron chi connectivity index (χ4n) is 3.03. The Balaban J connectivity index is 2.37. The molecule has 0 amide bonds. The second-order valence-corrected chi connectivity index (χ2v) is 8.70. The number of rotatable bonds is 10. The molecule has 0 aromatic heterocycles. The van der Waals surface area contributed by atoms with Crippen LogP contribution in [0.1, 0.15) is 104 Å². The summed E-state index contributed by atoms with van der Waals surface area (Å²) in [5, 5.41) is 0. The van der Waals surface area contributed by atoms with Crippen molar-refractivity contribution in [3.8, 4) is 5.75 Å². The highest BCUT2D eigenvalue weighted by Gasteiger charge is 2.16. The average molecular weight is 335 g/mol. The Bertz CT molecular complexity index is 469. The summed E-state index contributed by atoms with van der Waals surface area (Å²) < 4.78 is 0. The van der Waals surface area contributed by atoms with Gasteiger partial charge in [-0.1, -0.05) is 79.9 Å². The lowest BCUT2D eigenvalue weighted by atomic mass is 9.89. The van der Waals surface area contributed by atoms with Crippen molar-refractivity contribution in [2.45, 2.75) is 92.4 Å². The summed E-state index contributed by atoms with van der Waals surface area (Å²) in [6.45, 7) is 16.5. The molecule has 1 aromatic carbocycles. The van der Waals surface area contributed by atoms with Crippen molar-refractivity contribution in [2.24, 2.45) is 5.41 Å². The lowest BCUT2D eigenvalue weighted by Gasteiger charge is -2.19. The Kier molecular flexibility index (Phi) is 8.83. The molecular weight excluding hydrogens is 296 g/mol. The molecule has 0 spiro atoms. The predicted octanol–water partition coefficient (Wildman–Crippen LogP) is 7.24. The molecule has 0 aliphatic carbocycles. The second kappa shape index (κ2) is 10.1. The first-order chi connectivity index (χ1) is 11.2. The normalized spacial score (nSPS) is 12.2. The first-order valence-electron chi connectivity index (χ1n) is 9.64. The van der Waals surface area contributed by atoms with E-state index in [9.17, 15) is 0 Å². The van der Waals surface area contributed by atoms with E-state index in [4.69, 9.17) is 9.78 Å². The van der Waals surface area contributed by atoms with E-state index >= 15 is 0 Å². The van der Waals surface area contributed by atoms with E-state index in [1.165, 1.54) is 36.8 Å². The quantitative estimate of drug-likeness (QED) is 0.255. The highest BCUT2D eigenvalue weighted by atomic mass is 17.2. The Morgan fingerprint density at radius 3 is 2.12 bits per heavy atom. The van der Waals surface area contributed by atoms with Gasteiger partial charge in [-0.2, -0.15) is 4.89 Å². The summed E-state index contributed by atoms with van der Waals surface area (Å²) in [6.07, 6.45) is 6.15. The number of benzene rings is 1. The molecule has 138 valence electrons. The van der Waals surface area contributed by atoms with Crippen LogP contribution in [0.3, 0.4) is 0 Å². The Morgan fingerprint density at radius 2 is 1.54 bits per heavy atom. The summed E-state index contributed by atoms with van der Waals surface area (Å²) in [6, 6.07) is 6.28. The minimum Gasteiger partial charge on any atom is -0.337 e. The minimum absolute atomic E-state index is 0.430. The van der Waals surface area contributed by atoms with Gasteiger partial charge in [0.05, 0.1) is 6.61 Å². The zero-order valence-corrected chi connectivity index (χ0v) is 16.9. The molecule has 0 unspecified atom stereocenters. The van der Waals surface area contributed by atoms with Crippen LogP contribution < -0.4 is 4.89 Å². The van der Waals surface area contributed by atoms with E-state index in [2.05, 4.69) is 60.6 Å². The van der Waals surface area contributed by atoms with Crippen molar-refractivity contribution in [3.63, 3.8) is 0 Å². The van der Waals surface area contributed by atoms with Gasteiger partial charge >= 0.3 is 0 Å². The minimum atomic E-state index is 0.430.